The van der Waals surface area contributed by atoms with E-state index >= 15 is 0 Å². The van der Waals surface area contributed by atoms with Crippen molar-refractivity contribution in [2.75, 3.05) is 6.61 Å². The van der Waals surface area contributed by atoms with Crippen molar-refractivity contribution in [3.63, 3.8) is 0 Å². The number of aromatic hydroxyl groups is 1. The van der Waals surface area contributed by atoms with Crippen LogP contribution in [0.4, 0.5) is 0 Å². The van der Waals surface area contributed by atoms with Gasteiger partial charge < -0.3 is 31.5 Å². The predicted molar refractivity (Wildman–Crippen MR) is 112 cm³/mol. The Bertz CT molecular complexity index is 813. The zero-order valence-electron chi connectivity index (χ0n) is 17.8. The van der Waals surface area contributed by atoms with Crippen LogP contribution in [0.3, 0.4) is 0 Å². The summed E-state index contributed by atoms with van der Waals surface area (Å²) in [6, 6.07) is 1.90. The number of phenolic OH excluding ortho intramolecular Hbond substituents is 1. The van der Waals surface area contributed by atoms with Gasteiger partial charge in [-0.1, -0.05) is 32.4 Å². The Hall–Kier alpha value is -3.14. The zero-order chi connectivity index (χ0) is 23.1. The van der Waals surface area contributed by atoms with E-state index in [0.717, 1.165) is 0 Å². The molecule has 170 valence electrons. The number of nitrogens with one attached hydrogen (secondary N) is 4. The molecule has 2 rings (SSSR count). The number of benzene rings is 1. The van der Waals surface area contributed by atoms with E-state index in [1.807, 2.05) is 6.92 Å². The van der Waals surface area contributed by atoms with Crippen LogP contribution >= 0.6 is 0 Å². The largest absolute Gasteiger partial charge is 0.508 e. The van der Waals surface area contributed by atoms with Crippen LogP contribution in [0, 0.1) is 5.92 Å². The van der Waals surface area contributed by atoms with Crippen LogP contribution in [-0.2, 0) is 25.6 Å². The summed E-state index contributed by atoms with van der Waals surface area (Å²) in [4.78, 5) is 50.9. The number of carbonyl (C=O) groups is 4. The van der Waals surface area contributed by atoms with Gasteiger partial charge in [0.2, 0.25) is 23.6 Å². The molecule has 1 heterocycles. The van der Waals surface area contributed by atoms with Gasteiger partial charge in [-0.25, -0.2) is 0 Å². The van der Waals surface area contributed by atoms with Crippen molar-refractivity contribution in [3.8, 4) is 5.75 Å². The van der Waals surface area contributed by atoms with Crippen LogP contribution in [0.1, 0.15) is 32.8 Å². The van der Waals surface area contributed by atoms with E-state index in [9.17, 15) is 29.4 Å². The summed E-state index contributed by atoms with van der Waals surface area (Å²) in [5, 5.41) is 29.2. The van der Waals surface area contributed by atoms with Gasteiger partial charge in [0.1, 0.15) is 29.9 Å². The van der Waals surface area contributed by atoms with Crippen LogP contribution in [0.2, 0.25) is 0 Å². The standard InChI is InChI=1S/C21H30N4O6/c1-4-11(2)17-21(31)22-12(3)18(28)24-16(10-26)20(30)23-15(19(29)25-17)9-13-5-7-14(27)8-6-13/h5-8,11-12,15-17,26-27H,4,9-10H2,1-3H3,(H,22,31)(H,23,30)(H,24,28)(H,25,29)/t11-,12-,15-,16-,17-/m0/s1. The third kappa shape index (κ3) is 6.42. The summed E-state index contributed by atoms with van der Waals surface area (Å²) >= 11 is 0. The lowest BCUT2D eigenvalue weighted by Crippen LogP contribution is -2.62. The number of aliphatic hydroxyl groups excluding tert-OH is 1. The summed E-state index contributed by atoms with van der Waals surface area (Å²) in [6.07, 6.45) is 0.676. The minimum Gasteiger partial charge on any atom is -0.508 e. The Morgan fingerprint density at radius 1 is 0.871 bits per heavy atom. The summed E-state index contributed by atoms with van der Waals surface area (Å²) in [7, 11) is 0. The number of carbonyl (C=O) groups excluding carboxylic acids is 4. The predicted octanol–water partition coefficient (Wildman–Crippen LogP) is -1.05. The van der Waals surface area contributed by atoms with Crippen molar-refractivity contribution in [2.24, 2.45) is 5.92 Å². The number of aliphatic hydroxyl groups is 1. The topological polar surface area (TPSA) is 157 Å². The second-order valence-corrected chi connectivity index (χ2v) is 7.78. The third-order valence-electron chi connectivity index (χ3n) is 5.37. The molecule has 0 bridgehead atoms. The van der Waals surface area contributed by atoms with E-state index in [4.69, 9.17) is 0 Å². The van der Waals surface area contributed by atoms with Gasteiger partial charge >= 0.3 is 0 Å². The lowest BCUT2D eigenvalue weighted by Gasteiger charge is -2.30. The molecule has 10 heteroatoms. The average Bonchev–Trinajstić information content (AvgIpc) is 2.74. The molecule has 6 N–H and O–H groups in total. The third-order valence-corrected chi connectivity index (χ3v) is 5.37. The highest BCUT2D eigenvalue weighted by molar-refractivity contribution is 5.97. The van der Waals surface area contributed by atoms with Gasteiger partial charge in [-0.15, -0.1) is 0 Å². The van der Waals surface area contributed by atoms with Crippen LogP contribution in [0.5, 0.6) is 5.75 Å². The molecule has 10 nitrogen and oxygen atoms in total. The number of phenols is 1. The van der Waals surface area contributed by atoms with E-state index in [-0.39, 0.29) is 18.1 Å². The monoisotopic (exact) mass is 434 g/mol. The normalized spacial score (nSPS) is 26.5. The lowest BCUT2D eigenvalue weighted by atomic mass is 9.96. The van der Waals surface area contributed by atoms with Crippen LogP contribution in [0.15, 0.2) is 24.3 Å². The minimum atomic E-state index is -1.29. The van der Waals surface area contributed by atoms with E-state index in [2.05, 4.69) is 21.3 Å². The molecule has 5 atom stereocenters. The number of amides is 4. The van der Waals surface area contributed by atoms with Crippen molar-refractivity contribution < 1.29 is 29.4 Å². The second kappa shape index (κ2) is 10.8. The number of hydrogen-bond donors (Lipinski definition) is 6. The molecular formula is C21H30N4O6. The van der Waals surface area contributed by atoms with Crippen molar-refractivity contribution >= 4 is 23.6 Å². The molecule has 0 saturated carbocycles. The first-order valence-electron chi connectivity index (χ1n) is 10.3. The molecule has 31 heavy (non-hydrogen) atoms. The molecule has 0 radical (unpaired) electrons. The Morgan fingerprint density at radius 2 is 1.45 bits per heavy atom. The highest BCUT2D eigenvalue weighted by atomic mass is 16.3. The number of rotatable bonds is 5. The second-order valence-electron chi connectivity index (χ2n) is 7.78. The molecule has 1 aromatic carbocycles. The summed E-state index contributed by atoms with van der Waals surface area (Å²) < 4.78 is 0. The lowest BCUT2D eigenvalue weighted by molar-refractivity contribution is -0.137. The van der Waals surface area contributed by atoms with Crippen molar-refractivity contribution in [2.45, 2.75) is 57.8 Å². The van der Waals surface area contributed by atoms with Gasteiger partial charge in [-0.3, -0.25) is 19.2 Å². The molecular weight excluding hydrogens is 404 g/mol. The molecule has 1 aliphatic rings. The quantitative estimate of drug-likeness (QED) is 0.347. The fourth-order valence-electron chi connectivity index (χ4n) is 3.16. The fourth-order valence-corrected chi connectivity index (χ4v) is 3.16. The van der Waals surface area contributed by atoms with Gasteiger partial charge in [0.25, 0.3) is 0 Å². The van der Waals surface area contributed by atoms with Gasteiger partial charge in [-0.2, -0.15) is 0 Å². The smallest absolute Gasteiger partial charge is 0.245 e. The molecule has 0 unspecified atom stereocenters. The first kappa shape index (κ1) is 24.1. The Kier molecular flexibility index (Phi) is 8.38. The first-order chi connectivity index (χ1) is 14.7. The average molecular weight is 434 g/mol. The summed E-state index contributed by atoms with van der Waals surface area (Å²) in [6.45, 7) is 4.45. The Balaban J connectivity index is 2.37. The van der Waals surface area contributed by atoms with E-state index < -0.39 is 54.4 Å². The molecule has 0 spiro atoms. The van der Waals surface area contributed by atoms with Gasteiger partial charge in [-0.05, 0) is 30.5 Å². The molecule has 1 aromatic rings. The van der Waals surface area contributed by atoms with E-state index in [1.54, 1.807) is 19.1 Å². The van der Waals surface area contributed by atoms with Crippen LogP contribution in [0.25, 0.3) is 0 Å². The summed E-state index contributed by atoms with van der Waals surface area (Å²) in [5.74, 6) is -2.61. The fraction of sp³-hybridized carbons (Fsp3) is 0.524. The van der Waals surface area contributed by atoms with Crippen LogP contribution < -0.4 is 21.3 Å². The SMILES string of the molecule is CC[C@H](C)[C@@H]1NC(=O)[C@H](Cc2ccc(O)cc2)NC(=O)[C@H](CO)NC(=O)[C@H](C)NC1=O. The highest BCUT2D eigenvalue weighted by Gasteiger charge is 2.34. The van der Waals surface area contributed by atoms with Gasteiger partial charge in [0.05, 0.1) is 6.61 Å². The van der Waals surface area contributed by atoms with Crippen molar-refractivity contribution in [1.82, 2.24) is 21.3 Å². The maximum Gasteiger partial charge on any atom is 0.245 e. The van der Waals surface area contributed by atoms with Crippen molar-refractivity contribution in [1.29, 1.82) is 0 Å². The minimum absolute atomic E-state index is 0.0570. The first-order valence-corrected chi connectivity index (χ1v) is 10.3. The van der Waals surface area contributed by atoms with Gasteiger partial charge in [0.15, 0.2) is 0 Å². The van der Waals surface area contributed by atoms with Gasteiger partial charge in [0, 0.05) is 6.42 Å². The molecule has 1 fully saturated rings. The molecule has 1 saturated heterocycles. The zero-order valence-corrected chi connectivity index (χ0v) is 17.8. The van der Waals surface area contributed by atoms with E-state index in [1.165, 1.54) is 19.1 Å². The highest BCUT2D eigenvalue weighted by Crippen LogP contribution is 2.13. The van der Waals surface area contributed by atoms with Crippen LogP contribution in [-0.4, -0.2) is 64.6 Å². The summed E-state index contributed by atoms with van der Waals surface area (Å²) in [5.41, 5.74) is 0.660. The molecule has 4 amide bonds. The Labute approximate surface area is 180 Å². The molecule has 0 aliphatic carbocycles. The maximum atomic E-state index is 13.1. The molecule has 1 aliphatic heterocycles. The Morgan fingerprint density at radius 3 is 2.03 bits per heavy atom. The van der Waals surface area contributed by atoms with Crippen molar-refractivity contribution in [3.05, 3.63) is 29.8 Å². The molecule has 0 aromatic heterocycles. The maximum absolute atomic E-state index is 13.1. The van der Waals surface area contributed by atoms with E-state index in [0.29, 0.717) is 12.0 Å². The number of hydrogen-bond acceptors (Lipinski definition) is 6.